The SMILES string of the molecule is COc1ccc(CNC(=O)Cc2csc(Nc3cccc(C(F)(F)F)c3)n2)cc1. The van der Waals surface area contributed by atoms with Gasteiger partial charge in [-0.3, -0.25) is 4.79 Å². The first kappa shape index (κ1) is 20.7. The average molecular weight is 421 g/mol. The molecule has 152 valence electrons. The van der Waals surface area contributed by atoms with Gasteiger partial charge < -0.3 is 15.4 Å². The topological polar surface area (TPSA) is 63.2 Å². The number of aromatic nitrogens is 1. The number of amides is 1. The molecule has 0 aliphatic heterocycles. The zero-order chi connectivity index (χ0) is 20.9. The van der Waals surface area contributed by atoms with E-state index in [4.69, 9.17) is 4.74 Å². The number of anilines is 2. The summed E-state index contributed by atoms with van der Waals surface area (Å²) in [6.07, 6.45) is -4.33. The van der Waals surface area contributed by atoms with Crippen molar-refractivity contribution in [1.82, 2.24) is 10.3 Å². The molecule has 29 heavy (non-hydrogen) atoms. The van der Waals surface area contributed by atoms with Crippen molar-refractivity contribution >= 4 is 28.1 Å². The van der Waals surface area contributed by atoms with E-state index in [1.807, 2.05) is 24.3 Å². The second-order valence-corrected chi connectivity index (χ2v) is 7.01. The molecule has 0 aliphatic rings. The van der Waals surface area contributed by atoms with Gasteiger partial charge in [0.15, 0.2) is 5.13 Å². The Morgan fingerprint density at radius 2 is 1.93 bits per heavy atom. The van der Waals surface area contributed by atoms with E-state index in [2.05, 4.69) is 15.6 Å². The highest BCUT2D eigenvalue weighted by Gasteiger charge is 2.30. The second kappa shape index (κ2) is 8.95. The molecule has 0 saturated carbocycles. The lowest BCUT2D eigenvalue weighted by Gasteiger charge is -2.09. The molecule has 2 N–H and O–H groups in total. The van der Waals surface area contributed by atoms with E-state index in [9.17, 15) is 18.0 Å². The highest BCUT2D eigenvalue weighted by Crippen LogP contribution is 2.31. The van der Waals surface area contributed by atoms with Crippen LogP contribution in [0.5, 0.6) is 5.75 Å². The van der Waals surface area contributed by atoms with Gasteiger partial charge in [-0.2, -0.15) is 13.2 Å². The number of alkyl halides is 3. The lowest BCUT2D eigenvalue weighted by molar-refractivity contribution is -0.137. The van der Waals surface area contributed by atoms with Gasteiger partial charge in [-0.25, -0.2) is 4.98 Å². The van der Waals surface area contributed by atoms with E-state index in [0.717, 1.165) is 23.4 Å². The van der Waals surface area contributed by atoms with Crippen molar-refractivity contribution in [3.63, 3.8) is 0 Å². The molecule has 0 aliphatic carbocycles. The predicted molar refractivity (Wildman–Crippen MR) is 105 cm³/mol. The van der Waals surface area contributed by atoms with Gasteiger partial charge in [0.05, 0.1) is 24.8 Å². The number of methoxy groups -OCH3 is 1. The van der Waals surface area contributed by atoms with Crippen LogP contribution in [0.25, 0.3) is 0 Å². The molecule has 0 unspecified atom stereocenters. The van der Waals surface area contributed by atoms with Gasteiger partial charge in [-0.15, -0.1) is 11.3 Å². The summed E-state index contributed by atoms with van der Waals surface area (Å²) in [4.78, 5) is 16.4. The summed E-state index contributed by atoms with van der Waals surface area (Å²) in [5, 5.41) is 7.77. The number of hydrogen-bond acceptors (Lipinski definition) is 5. The van der Waals surface area contributed by atoms with E-state index in [1.165, 1.54) is 23.5 Å². The van der Waals surface area contributed by atoms with Crippen LogP contribution >= 0.6 is 11.3 Å². The Hall–Kier alpha value is -3.07. The number of thiazole rings is 1. The Bertz CT molecular complexity index is 972. The first-order valence-corrected chi connectivity index (χ1v) is 9.50. The molecule has 0 bridgehead atoms. The molecular formula is C20H18F3N3O2S. The summed E-state index contributed by atoms with van der Waals surface area (Å²) in [6, 6.07) is 12.2. The first-order valence-electron chi connectivity index (χ1n) is 8.62. The molecule has 0 spiro atoms. The number of ether oxygens (including phenoxy) is 1. The largest absolute Gasteiger partial charge is 0.497 e. The van der Waals surface area contributed by atoms with Crippen LogP contribution in [0.15, 0.2) is 53.9 Å². The van der Waals surface area contributed by atoms with Gasteiger partial charge in [-0.05, 0) is 35.9 Å². The van der Waals surface area contributed by atoms with Crippen LogP contribution in [0, 0.1) is 0 Å². The number of benzene rings is 2. The predicted octanol–water partition coefficient (Wildman–Crippen LogP) is 4.77. The van der Waals surface area contributed by atoms with E-state index in [0.29, 0.717) is 17.4 Å². The fraction of sp³-hybridized carbons (Fsp3) is 0.200. The Morgan fingerprint density at radius 1 is 1.17 bits per heavy atom. The standard InChI is InChI=1S/C20H18F3N3O2S/c1-28-17-7-5-13(6-8-17)11-24-18(27)10-16-12-29-19(26-16)25-15-4-2-3-14(9-15)20(21,22)23/h2-9,12H,10-11H2,1H3,(H,24,27)(H,25,26). The third-order valence-electron chi connectivity index (χ3n) is 3.98. The Labute approximate surface area is 169 Å². The van der Waals surface area contributed by atoms with Gasteiger partial charge in [0, 0.05) is 17.6 Å². The maximum Gasteiger partial charge on any atom is 0.416 e. The monoisotopic (exact) mass is 421 g/mol. The minimum atomic E-state index is -4.41. The van der Waals surface area contributed by atoms with E-state index >= 15 is 0 Å². The Balaban J connectivity index is 1.53. The van der Waals surface area contributed by atoms with E-state index in [1.54, 1.807) is 12.5 Å². The molecule has 2 aromatic carbocycles. The molecule has 1 aromatic heterocycles. The van der Waals surface area contributed by atoms with Crippen molar-refractivity contribution in [2.75, 3.05) is 12.4 Å². The second-order valence-electron chi connectivity index (χ2n) is 6.15. The van der Waals surface area contributed by atoms with Gasteiger partial charge in [0.2, 0.25) is 5.91 Å². The van der Waals surface area contributed by atoms with Crippen LogP contribution in [0.1, 0.15) is 16.8 Å². The van der Waals surface area contributed by atoms with Crippen LogP contribution < -0.4 is 15.4 Å². The van der Waals surface area contributed by atoms with Crippen molar-refractivity contribution in [3.8, 4) is 5.75 Å². The lowest BCUT2D eigenvalue weighted by Crippen LogP contribution is -2.24. The summed E-state index contributed by atoms with van der Waals surface area (Å²) >= 11 is 1.22. The Kier molecular flexibility index (Phi) is 6.38. The number of halogens is 3. The fourth-order valence-electron chi connectivity index (χ4n) is 2.51. The summed E-state index contributed by atoms with van der Waals surface area (Å²) in [7, 11) is 1.58. The minimum absolute atomic E-state index is 0.0803. The fourth-order valence-corrected chi connectivity index (χ4v) is 3.24. The lowest BCUT2D eigenvalue weighted by atomic mass is 10.2. The molecule has 0 radical (unpaired) electrons. The van der Waals surface area contributed by atoms with Crippen LogP contribution in [-0.4, -0.2) is 18.0 Å². The highest BCUT2D eigenvalue weighted by atomic mass is 32.1. The third kappa shape index (κ3) is 5.95. The first-order chi connectivity index (χ1) is 13.8. The molecule has 0 saturated heterocycles. The molecule has 3 aromatic rings. The van der Waals surface area contributed by atoms with Crippen LogP contribution in [0.3, 0.4) is 0 Å². The van der Waals surface area contributed by atoms with Gasteiger partial charge in [0.1, 0.15) is 5.75 Å². The zero-order valence-corrected chi connectivity index (χ0v) is 16.2. The quantitative estimate of drug-likeness (QED) is 0.577. The highest BCUT2D eigenvalue weighted by molar-refractivity contribution is 7.13. The molecule has 9 heteroatoms. The van der Waals surface area contributed by atoms with Crippen LogP contribution in [0.2, 0.25) is 0 Å². The number of nitrogens with zero attached hydrogens (tertiary/aromatic N) is 1. The molecule has 0 fully saturated rings. The van der Waals surface area contributed by atoms with Crippen LogP contribution in [-0.2, 0) is 23.9 Å². The number of nitrogens with one attached hydrogen (secondary N) is 2. The smallest absolute Gasteiger partial charge is 0.416 e. The molecule has 1 amide bonds. The van der Waals surface area contributed by atoms with Crippen molar-refractivity contribution in [2.45, 2.75) is 19.1 Å². The molecule has 3 rings (SSSR count). The zero-order valence-electron chi connectivity index (χ0n) is 15.4. The summed E-state index contributed by atoms with van der Waals surface area (Å²) in [6.45, 7) is 0.377. The number of carbonyl (C=O) groups excluding carboxylic acids is 1. The van der Waals surface area contributed by atoms with Crippen molar-refractivity contribution in [2.24, 2.45) is 0 Å². The summed E-state index contributed by atoms with van der Waals surface area (Å²) in [5.74, 6) is 0.542. The van der Waals surface area contributed by atoms with Crippen molar-refractivity contribution in [3.05, 3.63) is 70.7 Å². The van der Waals surface area contributed by atoms with Gasteiger partial charge in [0.25, 0.3) is 0 Å². The van der Waals surface area contributed by atoms with Crippen molar-refractivity contribution in [1.29, 1.82) is 0 Å². The van der Waals surface area contributed by atoms with Crippen LogP contribution in [0.4, 0.5) is 24.0 Å². The third-order valence-corrected chi connectivity index (χ3v) is 4.79. The van der Waals surface area contributed by atoms with Crippen molar-refractivity contribution < 1.29 is 22.7 Å². The molecular weight excluding hydrogens is 403 g/mol. The summed E-state index contributed by atoms with van der Waals surface area (Å²) in [5.41, 5.74) is 1.02. The average Bonchev–Trinajstić information content (AvgIpc) is 3.13. The van der Waals surface area contributed by atoms with Gasteiger partial charge >= 0.3 is 6.18 Å². The number of hydrogen-bond donors (Lipinski definition) is 2. The van der Waals surface area contributed by atoms with E-state index < -0.39 is 11.7 Å². The normalized spacial score (nSPS) is 11.2. The van der Waals surface area contributed by atoms with E-state index in [-0.39, 0.29) is 18.0 Å². The Morgan fingerprint density at radius 3 is 2.62 bits per heavy atom. The maximum atomic E-state index is 12.8. The minimum Gasteiger partial charge on any atom is -0.497 e. The maximum absolute atomic E-state index is 12.8. The molecule has 0 atom stereocenters. The molecule has 5 nitrogen and oxygen atoms in total. The summed E-state index contributed by atoms with van der Waals surface area (Å²) < 4.78 is 43.5. The number of carbonyl (C=O) groups is 1. The molecule has 1 heterocycles. The van der Waals surface area contributed by atoms with Gasteiger partial charge in [-0.1, -0.05) is 18.2 Å². The number of rotatable bonds is 7.